The second-order valence-electron chi connectivity index (χ2n) is 7.76. The number of benzene rings is 2. The fourth-order valence-electron chi connectivity index (χ4n) is 4.03. The van der Waals surface area contributed by atoms with Crippen LogP contribution in [0, 0.1) is 6.92 Å². The molecule has 1 N–H and O–H groups in total. The summed E-state index contributed by atoms with van der Waals surface area (Å²) in [6.07, 6.45) is 1.42. The van der Waals surface area contributed by atoms with Crippen molar-refractivity contribution in [2.45, 2.75) is 13.0 Å². The van der Waals surface area contributed by atoms with Crippen LogP contribution in [-0.2, 0) is 4.79 Å². The van der Waals surface area contributed by atoms with Gasteiger partial charge in [0.25, 0.3) is 5.91 Å². The first-order chi connectivity index (χ1) is 16.3. The minimum atomic E-state index is -1.03. The van der Waals surface area contributed by atoms with Gasteiger partial charge >= 0.3 is 0 Å². The molecular formula is C25H17Cl2NO6. The third-order valence-electron chi connectivity index (χ3n) is 5.69. The molecule has 1 aliphatic heterocycles. The van der Waals surface area contributed by atoms with Crippen LogP contribution in [0.3, 0.4) is 0 Å². The summed E-state index contributed by atoms with van der Waals surface area (Å²) in [7, 11) is 1.45. The van der Waals surface area contributed by atoms with Gasteiger partial charge in [0.1, 0.15) is 11.8 Å². The number of furan rings is 2. The summed E-state index contributed by atoms with van der Waals surface area (Å²) in [5, 5.41) is 12.2. The predicted octanol–water partition coefficient (Wildman–Crippen LogP) is 6.43. The van der Waals surface area contributed by atoms with E-state index >= 15 is 0 Å². The molecule has 0 bridgehead atoms. The minimum absolute atomic E-state index is 0.0924. The number of methoxy groups -OCH3 is 1. The summed E-state index contributed by atoms with van der Waals surface area (Å²) in [6, 6.07) is 11.9. The van der Waals surface area contributed by atoms with E-state index in [1.54, 1.807) is 42.5 Å². The second kappa shape index (κ2) is 8.27. The van der Waals surface area contributed by atoms with Gasteiger partial charge in [-0.05, 0) is 48.9 Å². The Balaban J connectivity index is 1.65. The van der Waals surface area contributed by atoms with Crippen molar-refractivity contribution in [3.8, 4) is 5.75 Å². The highest BCUT2D eigenvalue weighted by molar-refractivity contribution is 6.32. The summed E-state index contributed by atoms with van der Waals surface area (Å²) in [4.78, 5) is 28.1. The van der Waals surface area contributed by atoms with Crippen LogP contribution < -0.4 is 9.64 Å². The van der Waals surface area contributed by atoms with E-state index in [2.05, 4.69) is 0 Å². The first-order valence-corrected chi connectivity index (χ1v) is 10.9. The lowest BCUT2D eigenvalue weighted by molar-refractivity contribution is -0.117. The number of anilines is 1. The molecule has 3 heterocycles. The highest BCUT2D eigenvalue weighted by Crippen LogP contribution is 2.43. The van der Waals surface area contributed by atoms with Crippen molar-refractivity contribution < 1.29 is 28.3 Å². The number of Topliss-reactive ketones (excluding diaryl/α,β-unsaturated/α-hetero) is 1. The van der Waals surface area contributed by atoms with Gasteiger partial charge in [0.2, 0.25) is 5.78 Å². The first-order valence-electron chi connectivity index (χ1n) is 10.2. The molecule has 1 amide bonds. The number of fused-ring (bicyclic) bond motifs is 1. The lowest BCUT2D eigenvalue weighted by atomic mass is 9.99. The fraction of sp³-hybridized carbons (Fsp3) is 0.120. The van der Waals surface area contributed by atoms with Gasteiger partial charge in [0.05, 0.1) is 18.9 Å². The number of nitrogens with zero attached hydrogens (tertiary/aromatic N) is 1. The van der Waals surface area contributed by atoms with Crippen LogP contribution in [0.4, 0.5) is 5.69 Å². The molecule has 34 heavy (non-hydrogen) atoms. The molecule has 0 saturated carbocycles. The number of aryl methyl sites for hydroxylation is 1. The number of rotatable bonds is 5. The lowest BCUT2D eigenvalue weighted by Crippen LogP contribution is -2.30. The number of hydrogen-bond donors (Lipinski definition) is 1. The average Bonchev–Trinajstić information content (AvgIpc) is 3.54. The van der Waals surface area contributed by atoms with Gasteiger partial charge in [0.15, 0.2) is 22.9 Å². The molecule has 2 aromatic heterocycles. The van der Waals surface area contributed by atoms with Crippen LogP contribution in [-0.4, -0.2) is 23.9 Å². The first kappa shape index (κ1) is 22.1. The van der Waals surface area contributed by atoms with Crippen LogP contribution in [0.25, 0.3) is 11.0 Å². The number of hydrogen-bond acceptors (Lipinski definition) is 6. The molecule has 0 radical (unpaired) electrons. The van der Waals surface area contributed by atoms with Gasteiger partial charge < -0.3 is 18.7 Å². The third kappa shape index (κ3) is 3.45. The standard InChI is InChI=1S/C25H17Cl2NO6/c1-12-5-6-15(11-16(12)27)28-21(17-4-3-7-33-17)20(23(30)25(28)31)22(29)18-9-13-8-14(26)10-19(32-2)24(13)34-18/h3-11,21,30H,1-2H3. The van der Waals surface area contributed by atoms with Crippen LogP contribution in [0.2, 0.25) is 10.0 Å². The summed E-state index contributed by atoms with van der Waals surface area (Å²) in [5.74, 6) is -1.60. The molecule has 5 rings (SSSR count). The van der Waals surface area contributed by atoms with Crippen LogP contribution in [0.1, 0.15) is 27.9 Å². The molecule has 0 saturated heterocycles. The average molecular weight is 498 g/mol. The van der Waals surface area contributed by atoms with E-state index in [0.717, 1.165) is 5.56 Å². The van der Waals surface area contributed by atoms with Crippen LogP contribution >= 0.6 is 23.2 Å². The van der Waals surface area contributed by atoms with E-state index in [-0.39, 0.29) is 17.1 Å². The second-order valence-corrected chi connectivity index (χ2v) is 8.60. The number of carbonyl (C=O) groups is 2. The normalized spacial score (nSPS) is 16.1. The SMILES string of the molecule is COc1cc(Cl)cc2cc(C(=O)C3=C(O)C(=O)N(c4ccc(C)c(Cl)c4)C3c3ccco3)oc12. The third-order valence-corrected chi connectivity index (χ3v) is 6.32. The van der Waals surface area contributed by atoms with E-state index in [1.807, 2.05) is 6.92 Å². The van der Waals surface area contributed by atoms with Crippen molar-refractivity contribution >= 4 is 51.5 Å². The van der Waals surface area contributed by atoms with Crippen molar-refractivity contribution in [3.05, 3.63) is 93.3 Å². The number of halogens is 2. The Hall–Kier alpha value is -3.68. The molecule has 1 aliphatic rings. The summed E-state index contributed by atoms with van der Waals surface area (Å²) in [5.41, 5.74) is 1.35. The molecule has 7 nitrogen and oxygen atoms in total. The molecule has 172 valence electrons. The summed E-state index contributed by atoms with van der Waals surface area (Å²) >= 11 is 12.4. The van der Waals surface area contributed by atoms with Crippen LogP contribution in [0.15, 0.2) is 75.0 Å². The topological polar surface area (TPSA) is 93.1 Å². The van der Waals surface area contributed by atoms with Crippen molar-refractivity contribution in [3.63, 3.8) is 0 Å². The number of aliphatic hydroxyl groups is 1. The molecule has 2 aromatic carbocycles. The Bertz CT molecular complexity index is 1480. The molecule has 4 aromatic rings. The van der Waals surface area contributed by atoms with Gasteiger partial charge in [-0.2, -0.15) is 0 Å². The summed E-state index contributed by atoms with van der Waals surface area (Å²) in [6.45, 7) is 1.83. The fourth-order valence-corrected chi connectivity index (χ4v) is 4.42. The largest absolute Gasteiger partial charge is 0.503 e. The van der Waals surface area contributed by atoms with Crippen molar-refractivity contribution in [2.24, 2.45) is 0 Å². The quantitative estimate of drug-likeness (QED) is 0.319. The predicted molar refractivity (Wildman–Crippen MR) is 127 cm³/mol. The van der Waals surface area contributed by atoms with Gasteiger partial charge in [-0.3, -0.25) is 14.5 Å². The maximum absolute atomic E-state index is 13.6. The number of ether oxygens (including phenoxy) is 1. The molecule has 0 fully saturated rings. The number of carbonyl (C=O) groups excluding carboxylic acids is 2. The van der Waals surface area contributed by atoms with Gasteiger partial charge in [-0.1, -0.05) is 29.3 Å². The Kier molecular flexibility index (Phi) is 5.38. The zero-order chi connectivity index (χ0) is 24.1. The molecule has 1 unspecified atom stereocenters. The molecule has 0 spiro atoms. The van der Waals surface area contributed by atoms with Crippen molar-refractivity contribution in [1.82, 2.24) is 0 Å². The van der Waals surface area contributed by atoms with Gasteiger partial charge in [-0.25, -0.2) is 0 Å². The van der Waals surface area contributed by atoms with E-state index in [0.29, 0.717) is 32.5 Å². The molecule has 1 atom stereocenters. The zero-order valence-electron chi connectivity index (χ0n) is 18.0. The van der Waals surface area contributed by atoms with Gasteiger partial charge in [0, 0.05) is 27.2 Å². The van der Waals surface area contributed by atoms with Crippen LogP contribution in [0.5, 0.6) is 5.75 Å². The Morgan fingerprint density at radius 2 is 1.94 bits per heavy atom. The molecule has 0 aliphatic carbocycles. The highest BCUT2D eigenvalue weighted by atomic mass is 35.5. The number of aliphatic hydroxyl groups excluding tert-OH is 1. The smallest absolute Gasteiger partial charge is 0.294 e. The summed E-state index contributed by atoms with van der Waals surface area (Å²) < 4.78 is 16.6. The van der Waals surface area contributed by atoms with Crippen molar-refractivity contribution in [1.29, 1.82) is 0 Å². The zero-order valence-corrected chi connectivity index (χ0v) is 19.5. The lowest BCUT2D eigenvalue weighted by Gasteiger charge is -2.25. The van der Waals surface area contributed by atoms with E-state index in [1.165, 1.54) is 24.3 Å². The maximum atomic E-state index is 13.6. The van der Waals surface area contributed by atoms with Gasteiger partial charge in [-0.15, -0.1) is 0 Å². The Morgan fingerprint density at radius 1 is 1.15 bits per heavy atom. The van der Waals surface area contributed by atoms with E-state index in [4.69, 9.17) is 36.8 Å². The van der Waals surface area contributed by atoms with E-state index in [9.17, 15) is 14.7 Å². The monoisotopic (exact) mass is 497 g/mol. The number of amides is 1. The molecule has 9 heteroatoms. The maximum Gasteiger partial charge on any atom is 0.294 e. The molecular weight excluding hydrogens is 481 g/mol. The highest BCUT2D eigenvalue weighted by Gasteiger charge is 2.47. The Labute approximate surface area is 203 Å². The number of ketones is 1. The van der Waals surface area contributed by atoms with Crippen molar-refractivity contribution in [2.75, 3.05) is 12.0 Å². The Morgan fingerprint density at radius 3 is 2.62 bits per heavy atom. The minimum Gasteiger partial charge on any atom is -0.503 e. The van der Waals surface area contributed by atoms with E-state index < -0.39 is 23.5 Å².